The molecule has 1 heterocycles. The number of benzene rings is 2. The molecule has 6 heteroatoms. The van der Waals surface area contributed by atoms with E-state index in [9.17, 15) is 14.9 Å². The highest BCUT2D eigenvalue weighted by molar-refractivity contribution is 5.94. The molecule has 0 radical (unpaired) electrons. The zero-order valence-corrected chi connectivity index (χ0v) is 13.9. The van der Waals surface area contributed by atoms with Crippen LogP contribution in [0.15, 0.2) is 48.5 Å². The number of nitro benzene ring substituents is 1. The van der Waals surface area contributed by atoms with Crippen molar-refractivity contribution in [1.82, 2.24) is 4.90 Å². The van der Waals surface area contributed by atoms with Gasteiger partial charge in [0.2, 0.25) is 0 Å². The molecule has 0 bridgehead atoms. The van der Waals surface area contributed by atoms with Gasteiger partial charge >= 0.3 is 0 Å². The van der Waals surface area contributed by atoms with E-state index in [0.29, 0.717) is 17.1 Å². The fourth-order valence-corrected chi connectivity index (χ4v) is 2.92. The van der Waals surface area contributed by atoms with Crippen LogP contribution in [-0.4, -0.2) is 28.8 Å². The molecule has 0 aromatic heterocycles. The van der Waals surface area contributed by atoms with Crippen LogP contribution >= 0.6 is 0 Å². The molecule has 0 saturated carbocycles. The summed E-state index contributed by atoms with van der Waals surface area (Å²) in [5.41, 5.74) is 0.610. The highest BCUT2D eigenvalue weighted by Crippen LogP contribution is 2.25. The number of likely N-dealkylation sites (tertiary alicyclic amines) is 1. The maximum Gasteiger partial charge on any atom is 0.269 e. The Balaban J connectivity index is 1.72. The van der Waals surface area contributed by atoms with Crippen molar-refractivity contribution >= 4 is 11.6 Å². The molecule has 2 aromatic carbocycles. The smallest absolute Gasteiger partial charge is 0.269 e. The average molecular weight is 340 g/mol. The van der Waals surface area contributed by atoms with E-state index in [4.69, 9.17) is 4.74 Å². The van der Waals surface area contributed by atoms with Gasteiger partial charge in [0, 0.05) is 30.8 Å². The van der Waals surface area contributed by atoms with Crippen LogP contribution in [-0.2, 0) is 0 Å². The Kier molecular flexibility index (Phi) is 5.28. The minimum Gasteiger partial charge on any atom is -0.457 e. The highest BCUT2D eigenvalue weighted by Gasteiger charge is 2.17. The Morgan fingerprint density at radius 2 is 1.64 bits per heavy atom. The summed E-state index contributed by atoms with van der Waals surface area (Å²) in [4.78, 5) is 24.8. The molecule has 6 nitrogen and oxygen atoms in total. The van der Waals surface area contributed by atoms with E-state index < -0.39 is 4.92 Å². The first kappa shape index (κ1) is 17.0. The molecule has 0 spiro atoms. The van der Waals surface area contributed by atoms with Crippen LogP contribution < -0.4 is 4.74 Å². The summed E-state index contributed by atoms with van der Waals surface area (Å²) in [5, 5.41) is 10.7. The normalized spacial score (nSPS) is 14.6. The lowest BCUT2D eigenvalue weighted by atomic mass is 10.2. The van der Waals surface area contributed by atoms with Crippen LogP contribution in [0.4, 0.5) is 5.69 Å². The van der Waals surface area contributed by atoms with Gasteiger partial charge in [-0.2, -0.15) is 0 Å². The van der Waals surface area contributed by atoms with Crippen LogP contribution in [0.3, 0.4) is 0 Å². The van der Waals surface area contributed by atoms with Crippen molar-refractivity contribution in [1.29, 1.82) is 0 Å². The van der Waals surface area contributed by atoms with E-state index in [-0.39, 0.29) is 11.6 Å². The number of nitrogens with zero attached hydrogens (tertiary/aromatic N) is 2. The minimum atomic E-state index is -0.454. The number of nitro groups is 1. The standard InChI is InChI=1S/C19H20N2O4/c22-19(20-12-3-1-2-4-13-20)15-6-5-7-18(14-15)25-17-10-8-16(9-11-17)21(23)24/h5-11,14H,1-4,12-13H2. The molecule has 0 aliphatic carbocycles. The lowest BCUT2D eigenvalue weighted by Crippen LogP contribution is -2.31. The lowest BCUT2D eigenvalue weighted by molar-refractivity contribution is -0.384. The van der Waals surface area contributed by atoms with Gasteiger partial charge in [0.05, 0.1) is 4.92 Å². The van der Waals surface area contributed by atoms with Gasteiger partial charge in [-0.25, -0.2) is 0 Å². The van der Waals surface area contributed by atoms with Gasteiger partial charge in [0.15, 0.2) is 0 Å². The maximum atomic E-state index is 12.7. The van der Waals surface area contributed by atoms with Crippen LogP contribution in [0.1, 0.15) is 36.0 Å². The van der Waals surface area contributed by atoms with Gasteiger partial charge in [-0.05, 0) is 43.2 Å². The first-order chi connectivity index (χ1) is 12.1. The monoisotopic (exact) mass is 340 g/mol. The van der Waals surface area contributed by atoms with Crippen molar-refractivity contribution in [2.24, 2.45) is 0 Å². The molecular weight excluding hydrogens is 320 g/mol. The molecule has 0 atom stereocenters. The van der Waals surface area contributed by atoms with E-state index in [1.807, 2.05) is 4.90 Å². The predicted molar refractivity (Wildman–Crippen MR) is 94.0 cm³/mol. The Bertz CT molecular complexity index is 750. The summed E-state index contributed by atoms with van der Waals surface area (Å²) >= 11 is 0. The van der Waals surface area contributed by atoms with Crippen molar-refractivity contribution in [3.63, 3.8) is 0 Å². The number of amides is 1. The van der Waals surface area contributed by atoms with Gasteiger partial charge in [0.1, 0.15) is 11.5 Å². The van der Waals surface area contributed by atoms with Gasteiger partial charge in [-0.15, -0.1) is 0 Å². The summed E-state index contributed by atoms with van der Waals surface area (Å²) in [5.74, 6) is 1.05. The predicted octanol–water partition coefficient (Wildman–Crippen LogP) is 4.40. The molecule has 1 saturated heterocycles. The Hall–Kier alpha value is -2.89. The van der Waals surface area contributed by atoms with Crippen molar-refractivity contribution < 1.29 is 14.5 Å². The summed E-state index contributed by atoms with van der Waals surface area (Å²) in [7, 11) is 0. The first-order valence-electron chi connectivity index (χ1n) is 8.45. The van der Waals surface area contributed by atoms with E-state index >= 15 is 0 Å². The molecule has 1 aliphatic heterocycles. The van der Waals surface area contributed by atoms with Crippen LogP contribution in [0.5, 0.6) is 11.5 Å². The van der Waals surface area contributed by atoms with Crippen LogP contribution in [0, 0.1) is 10.1 Å². The molecule has 1 aliphatic rings. The summed E-state index contributed by atoms with van der Waals surface area (Å²) in [6.45, 7) is 1.60. The molecule has 0 unspecified atom stereocenters. The van der Waals surface area contributed by atoms with E-state index in [0.717, 1.165) is 25.9 Å². The molecule has 1 fully saturated rings. The second kappa shape index (κ2) is 7.79. The van der Waals surface area contributed by atoms with Crippen LogP contribution in [0.25, 0.3) is 0 Å². The third-order valence-corrected chi connectivity index (χ3v) is 4.26. The lowest BCUT2D eigenvalue weighted by Gasteiger charge is -2.20. The molecule has 3 rings (SSSR count). The van der Waals surface area contributed by atoms with Crippen molar-refractivity contribution in [2.45, 2.75) is 25.7 Å². The third-order valence-electron chi connectivity index (χ3n) is 4.26. The average Bonchev–Trinajstić information content (AvgIpc) is 2.91. The fraction of sp³-hybridized carbons (Fsp3) is 0.316. The summed E-state index contributed by atoms with van der Waals surface area (Å²) in [6.07, 6.45) is 4.44. The van der Waals surface area contributed by atoms with Gasteiger partial charge in [-0.1, -0.05) is 18.9 Å². The summed E-state index contributed by atoms with van der Waals surface area (Å²) in [6, 6.07) is 12.9. The quantitative estimate of drug-likeness (QED) is 0.611. The molecule has 1 amide bonds. The largest absolute Gasteiger partial charge is 0.457 e. The second-order valence-corrected chi connectivity index (χ2v) is 6.09. The Morgan fingerprint density at radius 3 is 2.28 bits per heavy atom. The van der Waals surface area contributed by atoms with Crippen molar-refractivity contribution in [3.8, 4) is 11.5 Å². The van der Waals surface area contributed by atoms with Gasteiger partial charge in [0.25, 0.3) is 11.6 Å². The van der Waals surface area contributed by atoms with E-state index in [1.54, 1.807) is 36.4 Å². The Morgan fingerprint density at radius 1 is 0.960 bits per heavy atom. The van der Waals surface area contributed by atoms with Crippen molar-refractivity contribution in [3.05, 3.63) is 64.2 Å². The highest BCUT2D eigenvalue weighted by atomic mass is 16.6. The second-order valence-electron chi connectivity index (χ2n) is 6.09. The number of carbonyl (C=O) groups is 1. The zero-order chi connectivity index (χ0) is 17.6. The third kappa shape index (κ3) is 4.35. The SMILES string of the molecule is O=C(c1cccc(Oc2ccc([N+](=O)[O-])cc2)c1)N1CCCCCC1. The topological polar surface area (TPSA) is 72.7 Å². The molecule has 0 N–H and O–H groups in total. The number of carbonyl (C=O) groups excluding carboxylic acids is 1. The number of hydrogen-bond acceptors (Lipinski definition) is 4. The number of rotatable bonds is 4. The molecule has 130 valence electrons. The van der Waals surface area contributed by atoms with Crippen LogP contribution in [0.2, 0.25) is 0 Å². The Labute approximate surface area is 146 Å². The molecule has 25 heavy (non-hydrogen) atoms. The van der Waals surface area contributed by atoms with Gasteiger partial charge < -0.3 is 9.64 Å². The molecule has 2 aromatic rings. The first-order valence-corrected chi connectivity index (χ1v) is 8.45. The zero-order valence-electron chi connectivity index (χ0n) is 13.9. The summed E-state index contributed by atoms with van der Waals surface area (Å²) < 4.78 is 5.72. The number of ether oxygens (including phenoxy) is 1. The minimum absolute atomic E-state index is 0.0115. The van der Waals surface area contributed by atoms with E-state index in [1.165, 1.54) is 25.0 Å². The maximum absolute atomic E-state index is 12.7. The van der Waals surface area contributed by atoms with Gasteiger partial charge in [-0.3, -0.25) is 14.9 Å². The number of non-ortho nitro benzene ring substituents is 1. The van der Waals surface area contributed by atoms with Crippen molar-refractivity contribution in [2.75, 3.05) is 13.1 Å². The van der Waals surface area contributed by atoms with E-state index in [2.05, 4.69) is 0 Å². The fourth-order valence-electron chi connectivity index (χ4n) is 2.92. The number of hydrogen-bond donors (Lipinski definition) is 0. The molecular formula is C19H20N2O4.